The van der Waals surface area contributed by atoms with Crippen molar-refractivity contribution in [2.45, 2.75) is 32.3 Å². The molecule has 0 aliphatic carbocycles. The van der Waals surface area contributed by atoms with Crippen LogP contribution in [0.5, 0.6) is 0 Å². The monoisotopic (exact) mass is 236 g/mol. The Bertz CT molecular complexity index is 321. The standard InChI is InChI=1S/C14H20O3/c1-2-13(16)8-9-14(17-11-10-15)12-6-4-3-5-7-12/h3-7,14-15H,2,8-11H2,1H3. The number of hydrogen-bond acceptors (Lipinski definition) is 3. The van der Waals surface area contributed by atoms with E-state index >= 15 is 0 Å². The summed E-state index contributed by atoms with van der Waals surface area (Å²) in [4.78, 5) is 11.3. The molecule has 1 rings (SSSR count). The van der Waals surface area contributed by atoms with Crippen molar-refractivity contribution in [3.63, 3.8) is 0 Å². The first kappa shape index (κ1) is 13.9. The summed E-state index contributed by atoms with van der Waals surface area (Å²) in [5.41, 5.74) is 1.06. The number of aliphatic hydroxyl groups excluding tert-OH is 1. The first-order valence-electron chi connectivity index (χ1n) is 6.07. The van der Waals surface area contributed by atoms with Crippen LogP contribution in [0.25, 0.3) is 0 Å². The van der Waals surface area contributed by atoms with Gasteiger partial charge in [-0.3, -0.25) is 4.79 Å². The summed E-state index contributed by atoms with van der Waals surface area (Å²) in [6.45, 7) is 2.18. The molecule has 1 aromatic carbocycles. The largest absolute Gasteiger partial charge is 0.394 e. The molecule has 1 N–H and O–H groups in total. The lowest BCUT2D eigenvalue weighted by Gasteiger charge is -2.17. The molecule has 0 saturated carbocycles. The van der Waals surface area contributed by atoms with Crippen molar-refractivity contribution in [1.82, 2.24) is 0 Å². The van der Waals surface area contributed by atoms with Crippen LogP contribution in [-0.2, 0) is 9.53 Å². The molecule has 1 aromatic rings. The van der Waals surface area contributed by atoms with E-state index in [0.29, 0.717) is 25.9 Å². The van der Waals surface area contributed by atoms with Crippen molar-refractivity contribution in [2.75, 3.05) is 13.2 Å². The van der Waals surface area contributed by atoms with Crippen LogP contribution >= 0.6 is 0 Å². The minimum atomic E-state index is -0.0983. The van der Waals surface area contributed by atoms with E-state index < -0.39 is 0 Å². The maximum Gasteiger partial charge on any atom is 0.132 e. The zero-order valence-electron chi connectivity index (χ0n) is 10.3. The van der Waals surface area contributed by atoms with E-state index in [2.05, 4.69) is 0 Å². The van der Waals surface area contributed by atoms with Gasteiger partial charge >= 0.3 is 0 Å². The van der Waals surface area contributed by atoms with Crippen molar-refractivity contribution < 1.29 is 14.6 Å². The molecular formula is C14H20O3. The molecule has 0 radical (unpaired) electrons. The van der Waals surface area contributed by atoms with Gasteiger partial charge in [0.2, 0.25) is 0 Å². The zero-order valence-corrected chi connectivity index (χ0v) is 10.3. The fourth-order valence-corrected chi connectivity index (χ4v) is 1.68. The van der Waals surface area contributed by atoms with E-state index in [9.17, 15) is 4.79 Å². The topological polar surface area (TPSA) is 46.5 Å². The highest BCUT2D eigenvalue weighted by atomic mass is 16.5. The van der Waals surface area contributed by atoms with Gasteiger partial charge in [-0.1, -0.05) is 37.3 Å². The van der Waals surface area contributed by atoms with Crippen LogP contribution in [0.15, 0.2) is 30.3 Å². The highest BCUT2D eigenvalue weighted by Crippen LogP contribution is 2.22. The van der Waals surface area contributed by atoms with Gasteiger partial charge in [0.15, 0.2) is 0 Å². The van der Waals surface area contributed by atoms with Gasteiger partial charge in [-0.25, -0.2) is 0 Å². The summed E-state index contributed by atoms with van der Waals surface area (Å²) in [7, 11) is 0. The third-order valence-corrected chi connectivity index (χ3v) is 2.66. The minimum absolute atomic E-state index is 0.00502. The smallest absolute Gasteiger partial charge is 0.132 e. The molecule has 1 unspecified atom stereocenters. The second-order valence-corrected chi connectivity index (χ2v) is 3.92. The number of Topliss-reactive ketones (excluding diaryl/α,β-unsaturated/α-hetero) is 1. The molecule has 0 aliphatic rings. The molecule has 3 heteroatoms. The number of carbonyl (C=O) groups is 1. The van der Waals surface area contributed by atoms with Crippen LogP contribution < -0.4 is 0 Å². The fraction of sp³-hybridized carbons (Fsp3) is 0.500. The summed E-state index contributed by atoms with van der Waals surface area (Å²) in [6.07, 6.45) is 1.68. The van der Waals surface area contributed by atoms with E-state index in [4.69, 9.17) is 9.84 Å². The molecular weight excluding hydrogens is 216 g/mol. The molecule has 0 fully saturated rings. The Balaban J connectivity index is 2.57. The summed E-state index contributed by atoms with van der Waals surface area (Å²) in [6, 6.07) is 9.82. The molecule has 0 amide bonds. The van der Waals surface area contributed by atoms with Gasteiger partial charge in [-0.2, -0.15) is 0 Å². The third kappa shape index (κ3) is 5.11. The van der Waals surface area contributed by atoms with Gasteiger partial charge in [0.1, 0.15) is 5.78 Å². The highest BCUT2D eigenvalue weighted by molar-refractivity contribution is 5.77. The van der Waals surface area contributed by atoms with Crippen molar-refractivity contribution in [1.29, 1.82) is 0 Å². The van der Waals surface area contributed by atoms with Gasteiger partial charge in [-0.05, 0) is 12.0 Å². The highest BCUT2D eigenvalue weighted by Gasteiger charge is 2.13. The van der Waals surface area contributed by atoms with Crippen LogP contribution in [0.2, 0.25) is 0 Å². The molecule has 0 spiro atoms. The molecule has 0 aromatic heterocycles. The predicted molar refractivity (Wildman–Crippen MR) is 66.8 cm³/mol. The number of aliphatic hydroxyl groups is 1. The molecule has 0 bridgehead atoms. The lowest BCUT2D eigenvalue weighted by molar-refractivity contribution is -0.119. The van der Waals surface area contributed by atoms with E-state index in [1.807, 2.05) is 37.3 Å². The minimum Gasteiger partial charge on any atom is -0.394 e. The number of carbonyl (C=O) groups excluding carboxylic acids is 1. The zero-order chi connectivity index (χ0) is 12.5. The Labute approximate surface area is 102 Å². The second kappa shape index (κ2) is 7.98. The van der Waals surface area contributed by atoms with Crippen LogP contribution in [-0.4, -0.2) is 24.1 Å². The Morgan fingerprint density at radius 3 is 2.65 bits per heavy atom. The lowest BCUT2D eigenvalue weighted by atomic mass is 10.0. The van der Waals surface area contributed by atoms with Crippen molar-refractivity contribution in [3.8, 4) is 0 Å². The average molecular weight is 236 g/mol. The van der Waals surface area contributed by atoms with Crippen LogP contribution in [0.4, 0.5) is 0 Å². The van der Waals surface area contributed by atoms with E-state index in [-0.39, 0.29) is 18.5 Å². The first-order valence-corrected chi connectivity index (χ1v) is 6.07. The fourth-order valence-electron chi connectivity index (χ4n) is 1.68. The van der Waals surface area contributed by atoms with Gasteiger partial charge in [-0.15, -0.1) is 0 Å². The number of rotatable bonds is 8. The summed E-state index contributed by atoms with van der Waals surface area (Å²) >= 11 is 0. The average Bonchev–Trinajstić information content (AvgIpc) is 2.39. The molecule has 0 aliphatic heterocycles. The molecule has 0 heterocycles. The van der Waals surface area contributed by atoms with E-state index in [1.165, 1.54) is 0 Å². The lowest BCUT2D eigenvalue weighted by Crippen LogP contribution is -2.10. The number of ketones is 1. The Hall–Kier alpha value is -1.19. The predicted octanol–water partition coefficient (Wildman–Crippen LogP) is 2.50. The molecule has 0 saturated heterocycles. The van der Waals surface area contributed by atoms with Crippen molar-refractivity contribution >= 4 is 5.78 Å². The summed E-state index contributed by atoms with van der Waals surface area (Å²) in [5.74, 6) is 0.249. The SMILES string of the molecule is CCC(=O)CCC(OCCO)c1ccccc1. The van der Waals surface area contributed by atoms with Crippen LogP contribution in [0.3, 0.4) is 0 Å². The van der Waals surface area contributed by atoms with Gasteiger partial charge in [0.25, 0.3) is 0 Å². The van der Waals surface area contributed by atoms with Crippen molar-refractivity contribution in [2.24, 2.45) is 0 Å². The number of ether oxygens (including phenoxy) is 1. The van der Waals surface area contributed by atoms with Gasteiger partial charge < -0.3 is 9.84 Å². The van der Waals surface area contributed by atoms with Gasteiger partial charge in [0.05, 0.1) is 19.3 Å². The quantitative estimate of drug-likeness (QED) is 0.754. The molecule has 1 atom stereocenters. The summed E-state index contributed by atoms with van der Waals surface area (Å²) in [5, 5.41) is 8.79. The second-order valence-electron chi connectivity index (χ2n) is 3.92. The Morgan fingerprint density at radius 2 is 2.06 bits per heavy atom. The third-order valence-electron chi connectivity index (χ3n) is 2.66. The summed E-state index contributed by atoms with van der Waals surface area (Å²) < 4.78 is 5.57. The maximum atomic E-state index is 11.3. The maximum absolute atomic E-state index is 11.3. The van der Waals surface area contributed by atoms with Crippen LogP contribution in [0.1, 0.15) is 37.9 Å². The normalized spacial score (nSPS) is 12.4. The van der Waals surface area contributed by atoms with Crippen molar-refractivity contribution in [3.05, 3.63) is 35.9 Å². The first-order chi connectivity index (χ1) is 8.27. The van der Waals surface area contributed by atoms with Crippen LogP contribution in [0, 0.1) is 0 Å². The Kier molecular flexibility index (Phi) is 6.51. The number of hydrogen-bond donors (Lipinski definition) is 1. The molecule has 3 nitrogen and oxygen atoms in total. The molecule has 17 heavy (non-hydrogen) atoms. The van der Waals surface area contributed by atoms with E-state index in [1.54, 1.807) is 0 Å². The Morgan fingerprint density at radius 1 is 1.35 bits per heavy atom. The van der Waals surface area contributed by atoms with Gasteiger partial charge in [0, 0.05) is 12.8 Å². The van der Waals surface area contributed by atoms with E-state index in [0.717, 1.165) is 5.56 Å². The number of benzene rings is 1. The molecule has 94 valence electrons.